The molecule has 0 saturated carbocycles. The molecule has 0 radical (unpaired) electrons. The summed E-state index contributed by atoms with van der Waals surface area (Å²) in [5.74, 6) is 0.872. The molecular formula is C15H17NO. The van der Waals surface area contributed by atoms with Crippen LogP contribution in [0.15, 0.2) is 54.6 Å². The van der Waals surface area contributed by atoms with Gasteiger partial charge >= 0.3 is 0 Å². The SMILES string of the molecule is Cc1cccc(OCC(N)c2ccccc2)c1. The van der Waals surface area contributed by atoms with E-state index in [1.165, 1.54) is 5.56 Å². The highest BCUT2D eigenvalue weighted by Crippen LogP contribution is 2.15. The molecule has 2 N–H and O–H groups in total. The van der Waals surface area contributed by atoms with Crippen molar-refractivity contribution in [3.8, 4) is 5.75 Å². The Balaban J connectivity index is 1.95. The van der Waals surface area contributed by atoms with Crippen LogP contribution in [0, 0.1) is 6.92 Å². The van der Waals surface area contributed by atoms with Crippen LogP contribution in [0.5, 0.6) is 5.75 Å². The molecule has 2 heteroatoms. The summed E-state index contributed by atoms with van der Waals surface area (Å²) in [4.78, 5) is 0. The standard InChI is InChI=1S/C15H17NO/c1-12-6-5-9-14(10-12)17-11-15(16)13-7-3-2-4-8-13/h2-10,15H,11,16H2,1H3. The Labute approximate surface area is 102 Å². The number of benzene rings is 2. The van der Waals surface area contributed by atoms with Crippen LogP contribution >= 0.6 is 0 Å². The average molecular weight is 227 g/mol. The molecule has 2 rings (SSSR count). The van der Waals surface area contributed by atoms with Gasteiger partial charge in [-0.15, -0.1) is 0 Å². The second kappa shape index (κ2) is 5.51. The lowest BCUT2D eigenvalue weighted by Gasteiger charge is -2.13. The Morgan fingerprint density at radius 2 is 1.82 bits per heavy atom. The largest absolute Gasteiger partial charge is 0.492 e. The molecule has 0 saturated heterocycles. The van der Waals surface area contributed by atoms with Gasteiger partial charge in [-0.1, -0.05) is 42.5 Å². The molecule has 1 unspecified atom stereocenters. The van der Waals surface area contributed by atoms with Gasteiger partial charge in [0.25, 0.3) is 0 Å². The molecule has 2 nitrogen and oxygen atoms in total. The fourth-order valence-corrected chi connectivity index (χ4v) is 1.69. The highest BCUT2D eigenvalue weighted by atomic mass is 16.5. The monoisotopic (exact) mass is 227 g/mol. The zero-order chi connectivity index (χ0) is 12.1. The maximum absolute atomic E-state index is 6.06. The molecule has 0 aromatic heterocycles. The van der Waals surface area contributed by atoms with E-state index in [2.05, 4.69) is 0 Å². The maximum Gasteiger partial charge on any atom is 0.119 e. The summed E-state index contributed by atoms with van der Waals surface area (Å²) in [6.45, 7) is 2.54. The first kappa shape index (κ1) is 11.7. The number of aryl methyl sites for hydroxylation is 1. The zero-order valence-corrected chi connectivity index (χ0v) is 9.97. The molecule has 0 spiro atoms. The third kappa shape index (κ3) is 3.33. The van der Waals surface area contributed by atoms with E-state index in [4.69, 9.17) is 10.5 Å². The summed E-state index contributed by atoms with van der Waals surface area (Å²) in [5, 5.41) is 0. The highest BCUT2D eigenvalue weighted by Gasteiger charge is 2.05. The lowest BCUT2D eigenvalue weighted by Crippen LogP contribution is -2.18. The Hall–Kier alpha value is -1.80. The van der Waals surface area contributed by atoms with Crippen LogP contribution in [-0.4, -0.2) is 6.61 Å². The van der Waals surface area contributed by atoms with Gasteiger partial charge in [0.2, 0.25) is 0 Å². The topological polar surface area (TPSA) is 35.2 Å². The van der Waals surface area contributed by atoms with Crippen LogP contribution in [0.3, 0.4) is 0 Å². The molecular weight excluding hydrogens is 210 g/mol. The summed E-state index contributed by atoms with van der Waals surface area (Å²) < 4.78 is 5.68. The minimum Gasteiger partial charge on any atom is -0.492 e. The number of ether oxygens (including phenoxy) is 1. The Morgan fingerprint density at radius 3 is 2.53 bits per heavy atom. The van der Waals surface area contributed by atoms with E-state index >= 15 is 0 Å². The van der Waals surface area contributed by atoms with Gasteiger partial charge in [-0.25, -0.2) is 0 Å². The van der Waals surface area contributed by atoms with Gasteiger partial charge in [0.1, 0.15) is 12.4 Å². The first-order chi connectivity index (χ1) is 8.25. The van der Waals surface area contributed by atoms with Crippen molar-refractivity contribution in [3.05, 3.63) is 65.7 Å². The summed E-state index contributed by atoms with van der Waals surface area (Å²) in [5.41, 5.74) is 8.34. The van der Waals surface area contributed by atoms with Crippen LogP contribution in [0.2, 0.25) is 0 Å². The fourth-order valence-electron chi connectivity index (χ4n) is 1.69. The van der Waals surface area contributed by atoms with Gasteiger partial charge in [0.15, 0.2) is 0 Å². The molecule has 0 aliphatic carbocycles. The molecule has 2 aromatic rings. The third-order valence-corrected chi connectivity index (χ3v) is 2.65. The molecule has 0 bridgehead atoms. The third-order valence-electron chi connectivity index (χ3n) is 2.65. The molecule has 1 atom stereocenters. The number of rotatable bonds is 4. The van der Waals surface area contributed by atoms with Gasteiger partial charge in [-0.2, -0.15) is 0 Å². The Kier molecular flexibility index (Phi) is 3.78. The van der Waals surface area contributed by atoms with Crippen molar-refractivity contribution in [2.24, 2.45) is 5.73 Å². The summed E-state index contributed by atoms with van der Waals surface area (Å²) in [7, 11) is 0. The molecule has 88 valence electrons. The number of nitrogens with two attached hydrogens (primary N) is 1. The van der Waals surface area contributed by atoms with E-state index in [0.29, 0.717) is 6.61 Å². The van der Waals surface area contributed by atoms with Crippen LogP contribution in [0.1, 0.15) is 17.2 Å². The average Bonchev–Trinajstić information content (AvgIpc) is 2.37. The van der Waals surface area contributed by atoms with E-state index < -0.39 is 0 Å². The molecule has 0 heterocycles. The number of hydrogen-bond donors (Lipinski definition) is 1. The van der Waals surface area contributed by atoms with Crippen LogP contribution in [0.4, 0.5) is 0 Å². The highest BCUT2D eigenvalue weighted by molar-refractivity contribution is 5.27. The molecule has 0 amide bonds. The summed E-state index contributed by atoms with van der Waals surface area (Å²) in [6.07, 6.45) is 0. The van der Waals surface area contributed by atoms with E-state index in [1.54, 1.807) is 0 Å². The predicted molar refractivity (Wildman–Crippen MR) is 70.0 cm³/mol. The van der Waals surface area contributed by atoms with Crippen molar-refractivity contribution in [1.82, 2.24) is 0 Å². The van der Waals surface area contributed by atoms with Crippen LogP contribution < -0.4 is 10.5 Å². The van der Waals surface area contributed by atoms with Crippen molar-refractivity contribution in [2.75, 3.05) is 6.61 Å². The quantitative estimate of drug-likeness (QED) is 0.871. The van der Waals surface area contributed by atoms with E-state index in [9.17, 15) is 0 Å². The summed E-state index contributed by atoms with van der Waals surface area (Å²) >= 11 is 0. The Bertz CT molecular complexity index is 467. The van der Waals surface area contributed by atoms with Crippen LogP contribution in [-0.2, 0) is 0 Å². The molecule has 17 heavy (non-hydrogen) atoms. The van der Waals surface area contributed by atoms with Gasteiger partial charge in [0, 0.05) is 0 Å². The van der Waals surface area contributed by atoms with E-state index in [-0.39, 0.29) is 6.04 Å². The van der Waals surface area contributed by atoms with E-state index in [1.807, 2.05) is 61.5 Å². The van der Waals surface area contributed by atoms with Gasteiger partial charge in [-0.05, 0) is 30.2 Å². The first-order valence-corrected chi connectivity index (χ1v) is 5.76. The van der Waals surface area contributed by atoms with Crippen molar-refractivity contribution in [2.45, 2.75) is 13.0 Å². The van der Waals surface area contributed by atoms with Gasteiger partial charge < -0.3 is 10.5 Å². The lowest BCUT2D eigenvalue weighted by molar-refractivity contribution is 0.290. The summed E-state index contributed by atoms with van der Waals surface area (Å²) in [6, 6.07) is 17.9. The normalized spacial score (nSPS) is 12.1. The van der Waals surface area contributed by atoms with Gasteiger partial charge in [0.05, 0.1) is 6.04 Å². The smallest absolute Gasteiger partial charge is 0.119 e. The fraction of sp³-hybridized carbons (Fsp3) is 0.200. The van der Waals surface area contributed by atoms with Crippen molar-refractivity contribution < 1.29 is 4.74 Å². The first-order valence-electron chi connectivity index (χ1n) is 5.76. The van der Waals surface area contributed by atoms with Crippen LogP contribution in [0.25, 0.3) is 0 Å². The van der Waals surface area contributed by atoms with E-state index in [0.717, 1.165) is 11.3 Å². The second-order valence-corrected chi connectivity index (χ2v) is 4.14. The zero-order valence-electron chi connectivity index (χ0n) is 9.97. The van der Waals surface area contributed by atoms with Gasteiger partial charge in [-0.3, -0.25) is 0 Å². The minimum absolute atomic E-state index is 0.0864. The lowest BCUT2D eigenvalue weighted by atomic mass is 10.1. The molecule has 0 fully saturated rings. The molecule has 0 aliphatic rings. The van der Waals surface area contributed by atoms with Crippen molar-refractivity contribution in [3.63, 3.8) is 0 Å². The van der Waals surface area contributed by atoms with Crippen molar-refractivity contribution >= 4 is 0 Å². The molecule has 2 aromatic carbocycles. The minimum atomic E-state index is -0.0864. The molecule has 0 aliphatic heterocycles. The second-order valence-electron chi connectivity index (χ2n) is 4.14. The predicted octanol–water partition coefficient (Wildman–Crippen LogP) is 3.07. The number of hydrogen-bond acceptors (Lipinski definition) is 2. The maximum atomic E-state index is 6.06. The Morgan fingerprint density at radius 1 is 1.06 bits per heavy atom. The van der Waals surface area contributed by atoms with Crippen molar-refractivity contribution in [1.29, 1.82) is 0 Å².